The minimum atomic E-state index is -4.79. The van der Waals surface area contributed by atoms with Gasteiger partial charge in [0.15, 0.2) is 6.10 Å². The summed E-state index contributed by atoms with van der Waals surface area (Å²) < 4.78 is 26.1. The summed E-state index contributed by atoms with van der Waals surface area (Å²) in [5.41, 5.74) is 0. The molecular formula is C37H63O9P. The van der Waals surface area contributed by atoms with E-state index in [1.807, 2.05) is 12.2 Å². The van der Waals surface area contributed by atoms with E-state index in [1.54, 1.807) is 12.2 Å². The van der Waals surface area contributed by atoms with Crippen LogP contribution in [0.15, 0.2) is 60.8 Å². The van der Waals surface area contributed by atoms with E-state index in [-0.39, 0.29) is 19.4 Å². The lowest BCUT2D eigenvalue weighted by Crippen LogP contribution is -2.29. The first-order chi connectivity index (χ1) is 22.7. The second-order valence-electron chi connectivity index (χ2n) is 11.7. The van der Waals surface area contributed by atoms with Crippen molar-refractivity contribution in [3.05, 3.63) is 60.8 Å². The molecule has 270 valence electrons. The number of phosphoric ester groups is 1. The van der Waals surface area contributed by atoms with Crippen LogP contribution in [0.2, 0.25) is 0 Å². The second kappa shape index (κ2) is 32.3. The topological polar surface area (TPSA) is 140 Å². The Morgan fingerprint density at radius 2 is 1.19 bits per heavy atom. The van der Waals surface area contributed by atoms with Crippen molar-refractivity contribution >= 4 is 19.8 Å². The molecule has 0 aliphatic carbocycles. The summed E-state index contributed by atoms with van der Waals surface area (Å²) in [5.74, 6) is -1.10. The fraction of sp³-hybridized carbons (Fsp3) is 0.676. The van der Waals surface area contributed by atoms with Crippen LogP contribution in [0.25, 0.3) is 0 Å². The molecule has 0 saturated carbocycles. The normalized spacial score (nSPS) is 13.9. The van der Waals surface area contributed by atoms with Crippen molar-refractivity contribution in [2.45, 2.75) is 148 Å². The van der Waals surface area contributed by atoms with E-state index < -0.39 is 38.6 Å². The van der Waals surface area contributed by atoms with Crippen LogP contribution in [-0.2, 0) is 28.2 Å². The number of allylic oxidation sites excluding steroid dienone is 9. The molecule has 0 aromatic heterocycles. The number of phosphoric acid groups is 1. The van der Waals surface area contributed by atoms with Gasteiger partial charge in [-0.25, -0.2) is 4.57 Å². The second-order valence-corrected chi connectivity index (χ2v) is 12.9. The maximum Gasteiger partial charge on any atom is 0.469 e. The van der Waals surface area contributed by atoms with Gasteiger partial charge in [0.25, 0.3) is 0 Å². The van der Waals surface area contributed by atoms with Gasteiger partial charge in [-0.15, -0.1) is 0 Å². The Labute approximate surface area is 284 Å². The fourth-order valence-corrected chi connectivity index (χ4v) is 4.88. The molecule has 0 saturated heterocycles. The molecule has 9 nitrogen and oxygen atoms in total. The molecule has 0 spiro atoms. The number of esters is 2. The van der Waals surface area contributed by atoms with Gasteiger partial charge in [0.2, 0.25) is 0 Å². The van der Waals surface area contributed by atoms with Crippen LogP contribution in [0.4, 0.5) is 0 Å². The lowest BCUT2D eigenvalue weighted by atomic mass is 10.1. The molecule has 0 bridgehead atoms. The Bertz CT molecular complexity index is 965. The zero-order chi connectivity index (χ0) is 34.9. The standard InChI is InChI=1S/C37H63O9P/c1-3-5-7-9-11-13-15-16-18-19-21-23-25-28-34(38)29-27-31-36(39)44-32-35(33-45-47(41,42)43)46-37(40)30-26-24-22-20-17-14-12-10-8-6-4-2/h5,7,11,13,16,18,21,23,25,28,34-35,38H,3-4,6,8-10,12,14-15,17,19-20,22,24,26-27,29-33H2,1-2H3,(H2,41,42,43)/b7-5-,13-11-,18-16-,23-21-,28-25+/t34?,35-/m1/s1. The predicted octanol–water partition coefficient (Wildman–Crippen LogP) is 9.14. The Kier molecular flexibility index (Phi) is 30.7. The number of ether oxygens (including phenoxy) is 2. The molecule has 3 N–H and O–H groups in total. The highest BCUT2D eigenvalue weighted by Gasteiger charge is 2.23. The Morgan fingerprint density at radius 1 is 0.660 bits per heavy atom. The number of carbonyl (C=O) groups is 2. The molecule has 0 aliphatic heterocycles. The Hall–Kier alpha value is -2.29. The largest absolute Gasteiger partial charge is 0.469 e. The number of hydrogen-bond acceptors (Lipinski definition) is 7. The monoisotopic (exact) mass is 682 g/mol. The van der Waals surface area contributed by atoms with E-state index >= 15 is 0 Å². The van der Waals surface area contributed by atoms with E-state index in [1.165, 1.54) is 44.9 Å². The summed E-state index contributed by atoms with van der Waals surface area (Å²) in [6.07, 6.45) is 35.5. The van der Waals surface area contributed by atoms with Crippen LogP contribution in [0, 0.1) is 0 Å². The van der Waals surface area contributed by atoms with E-state index in [0.29, 0.717) is 19.3 Å². The number of aliphatic hydroxyl groups excluding tert-OH is 1. The van der Waals surface area contributed by atoms with Crippen molar-refractivity contribution in [3.8, 4) is 0 Å². The average molecular weight is 683 g/mol. The Morgan fingerprint density at radius 3 is 1.77 bits per heavy atom. The van der Waals surface area contributed by atoms with Gasteiger partial charge in [0.05, 0.1) is 12.7 Å². The molecule has 0 heterocycles. The van der Waals surface area contributed by atoms with Gasteiger partial charge in [-0.2, -0.15) is 0 Å². The van der Waals surface area contributed by atoms with E-state index in [2.05, 4.69) is 54.8 Å². The quantitative estimate of drug-likeness (QED) is 0.0215. The maximum atomic E-state index is 12.3. The zero-order valence-electron chi connectivity index (χ0n) is 29.0. The lowest BCUT2D eigenvalue weighted by Gasteiger charge is -2.18. The molecule has 1 unspecified atom stereocenters. The van der Waals surface area contributed by atoms with Crippen LogP contribution in [-0.4, -0.2) is 52.3 Å². The van der Waals surface area contributed by atoms with Crippen molar-refractivity contribution < 1.29 is 43.0 Å². The van der Waals surface area contributed by atoms with Gasteiger partial charge in [0.1, 0.15) is 6.61 Å². The zero-order valence-corrected chi connectivity index (χ0v) is 29.9. The van der Waals surface area contributed by atoms with Crippen LogP contribution in [0.5, 0.6) is 0 Å². The smallest absolute Gasteiger partial charge is 0.462 e. The third-order valence-electron chi connectivity index (χ3n) is 7.15. The van der Waals surface area contributed by atoms with Gasteiger partial charge in [0, 0.05) is 12.8 Å². The Balaban J connectivity index is 4.22. The molecule has 0 aromatic rings. The molecule has 0 aliphatic rings. The van der Waals surface area contributed by atoms with Crippen LogP contribution in [0.3, 0.4) is 0 Å². The summed E-state index contributed by atoms with van der Waals surface area (Å²) >= 11 is 0. The van der Waals surface area contributed by atoms with Crippen LogP contribution < -0.4 is 0 Å². The molecule has 0 rings (SSSR count). The van der Waals surface area contributed by atoms with Crippen LogP contribution in [0.1, 0.15) is 136 Å². The van der Waals surface area contributed by atoms with Crippen LogP contribution >= 0.6 is 7.82 Å². The van der Waals surface area contributed by atoms with Gasteiger partial charge >= 0.3 is 19.8 Å². The van der Waals surface area contributed by atoms with Crippen molar-refractivity contribution in [2.24, 2.45) is 0 Å². The average Bonchev–Trinajstić information content (AvgIpc) is 3.03. The van der Waals surface area contributed by atoms with Crippen molar-refractivity contribution in [3.63, 3.8) is 0 Å². The summed E-state index contributed by atoms with van der Waals surface area (Å²) in [4.78, 5) is 42.6. The number of unbranched alkanes of at least 4 members (excludes halogenated alkanes) is 10. The van der Waals surface area contributed by atoms with Gasteiger partial charge in [-0.05, 0) is 44.9 Å². The highest BCUT2D eigenvalue weighted by atomic mass is 31.2. The molecule has 47 heavy (non-hydrogen) atoms. The third-order valence-corrected chi connectivity index (χ3v) is 7.64. The number of hydrogen-bond donors (Lipinski definition) is 3. The first-order valence-corrected chi connectivity index (χ1v) is 19.2. The van der Waals surface area contributed by atoms with Gasteiger partial charge in [-0.3, -0.25) is 14.1 Å². The minimum absolute atomic E-state index is 0.0353. The van der Waals surface area contributed by atoms with Gasteiger partial charge < -0.3 is 24.4 Å². The van der Waals surface area contributed by atoms with Crippen molar-refractivity contribution in [1.29, 1.82) is 0 Å². The third kappa shape index (κ3) is 34.9. The highest BCUT2D eigenvalue weighted by molar-refractivity contribution is 7.46. The predicted molar refractivity (Wildman–Crippen MR) is 190 cm³/mol. The number of aliphatic hydroxyl groups is 1. The van der Waals surface area contributed by atoms with E-state index in [9.17, 15) is 19.3 Å². The first kappa shape index (κ1) is 44.7. The fourth-order valence-electron chi connectivity index (χ4n) is 4.52. The SMILES string of the molecule is CC/C=C\C/C=C\C/C=C\C/C=C\C=C\C(O)CCCC(=O)OC[C@H](COP(=O)(O)O)OC(=O)CCCCCCCCCCCCC. The minimum Gasteiger partial charge on any atom is -0.462 e. The number of carbonyl (C=O) groups excluding carboxylic acids is 2. The molecular weight excluding hydrogens is 619 g/mol. The summed E-state index contributed by atoms with van der Waals surface area (Å²) in [6, 6.07) is 0. The molecule has 2 atom stereocenters. The van der Waals surface area contributed by atoms with Gasteiger partial charge in [-0.1, -0.05) is 139 Å². The summed E-state index contributed by atoms with van der Waals surface area (Å²) in [7, 11) is -4.79. The molecule has 0 aromatic carbocycles. The lowest BCUT2D eigenvalue weighted by molar-refractivity contribution is -0.161. The first-order valence-electron chi connectivity index (χ1n) is 17.7. The molecule has 0 fully saturated rings. The molecule has 0 amide bonds. The maximum absolute atomic E-state index is 12.3. The van der Waals surface area contributed by atoms with E-state index in [4.69, 9.17) is 19.3 Å². The summed E-state index contributed by atoms with van der Waals surface area (Å²) in [6.45, 7) is 3.36. The highest BCUT2D eigenvalue weighted by Crippen LogP contribution is 2.35. The molecule has 0 radical (unpaired) electrons. The van der Waals surface area contributed by atoms with E-state index in [0.717, 1.165) is 44.9 Å². The van der Waals surface area contributed by atoms with Crippen molar-refractivity contribution in [1.82, 2.24) is 0 Å². The molecule has 10 heteroatoms. The summed E-state index contributed by atoms with van der Waals surface area (Å²) in [5, 5.41) is 10.1. The van der Waals surface area contributed by atoms with Crippen molar-refractivity contribution in [2.75, 3.05) is 13.2 Å². The number of rotatable bonds is 31.